The van der Waals surface area contributed by atoms with Crippen molar-refractivity contribution in [1.29, 1.82) is 0 Å². The Morgan fingerprint density at radius 3 is 2.58 bits per heavy atom. The third-order valence-electron chi connectivity index (χ3n) is 4.67. The molecule has 0 bridgehead atoms. The number of H-pyrrole nitrogens is 1. The standard InChI is InChI=1S/C18H23N3O3/c22-16(19-13-7-3-1-2-4-8-13)11-12-21-17(23)14-9-5-6-10-15(14)20-18(21)24/h5-6,9-10,13H,1-4,7-8,11-12H2,(H,19,22)(H,20,24). The number of nitrogens with zero attached hydrogens (tertiary/aromatic N) is 1. The molecular formula is C18H23N3O3. The summed E-state index contributed by atoms with van der Waals surface area (Å²) >= 11 is 0. The van der Waals surface area contributed by atoms with E-state index in [4.69, 9.17) is 0 Å². The third kappa shape index (κ3) is 3.75. The molecule has 1 aromatic carbocycles. The average molecular weight is 329 g/mol. The second-order valence-corrected chi connectivity index (χ2v) is 6.44. The van der Waals surface area contributed by atoms with Gasteiger partial charge in [0.2, 0.25) is 5.91 Å². The highest BCUT2D eigenvalue weighted by Crippen LogP contribution is 2.17. The van der Waals surface area contributed by atoms with Crippen LogP contribution in [0, 0.1) is 0 Å². The van der Waals surface area contributed by atoms with Gasteiger partial charge in [-0.05, 0) is 25.0 Å². The first-order chi connectivity index (χ1) is 11.6. The molecule has 1 fully saturated rings. The summed E-state index contributed by atoms with van der Waals surface area (Å²) in [6, 6.07) is 7.12. The smallest absolute Gasteiger partial charge is 0.328 e. The number of carbonyl (C=O) groups excluding carboxylic acids is 1. The number of rotatable bonds is 4. The second kappa shape index (κ2) is 7.47. The molecule has 0 saturated heterocycles. The van der Waals surface area contributed by atoms with Crippen molar-refractivity contribution in [3.63, 3.8) is 0 Å². The molecule has 1 aliphatic carbocycles. The first kappa shape index (κ1) is 16.5. The quantitative estimate of drug-likeness (QED) is 0.841. The van der Waals surface area contributed by atoms with Gasteiger partial charge in [-0.15, -0.1) is 0 Å². The van der Waals surface area contributed by atoms with Crippen LogP contribution in [0.4, 0.5) is 0 Å². The number of fused-ring (bicyclic) bond motifs is 1. The molecule has 128 valence electrons. The molecule has 0 unspecified atom stereocenters. The summed E-state index contributed by atoms with van der Waals surface area (Å²) in [5, 5.41) is 3.50. The van der Waals surface area contributed by atoms with Crippen LogP contribution in [0.2, 0.25) is 0 Å². The number of aromatic amines is 1. The number of hydrogen-bond acceptors (Lipinski definition) is 3. The molecule has 2 N–H and O–H groups in total. The molecular weight excluding hydrogens is 306 g/mol. The summed E-state index contributed by atoms with van der Waals surface area (Å²) in [7, 11) is 0. The Hall–Kier alpha value is -2.37. The summed E-state index contributed by atoms with van der Waals surface area (Å²) in [5.41, 5.74) is -0.302. The highest BCUT2D eigenvalue weighted by Gasteiger charge is 2.15. The molecule has 1 amide bonds. The maximum atomic E-state index is 12.4. The van der Waals surface area contributed by atoms with Gasteiger partial charge in [0.25, 0.3) is 5.56 Å². The van der Waals surface area contributed by atoms with Gasteiger partial charge < -0.3 is 10.3 Å². The zero-order valence-electron chi connectivity index (χ0n) is 13.7. The Morgan fingerprint density at radius 1 is 1.12 bits per heavy atom. The Morgan fingerprint density at radius 2 is 1.83 bits per heavy atom. The second-order valence-electron chi connectivity index (χ2n) is 6.44. The van der Waals surface area contributed by atoms with Crippen LogP contribution in [0.3, 0.4) is 0 Å². The van der Waals surface area contributed by atoms with Crippen molar-refractivity contribution in [3.8, 4) is 0 Å². The highest BCUT2D eigenvalue weighted by molar-refractivity contribution is 5.77. The molecule has 0 aliphatic heterocycles. The largest absolute Gasteiger partial charge is 0.353 e. The van der Waals surface area contributed by atoms with E-state index >= 15 is 0 Å². The van der Waals surface area contributed by atoms with Crippen molar-refractivity contribution in [2.45, 2.75) is 57.5 Å². The number of benzene rings is 1. The third-order valence-corrected chi connectivity index (χ3v) is 4.67. The van der Waals surface area contributed by atoms with Gasteiger partial charge >= 0.3 is 5.69 Å². The van der Waals surface area contributed by atoms with E-state index in [2.05, 4.69) is 10.3 Å². The van der Waals surface area contributed by atoms with E-state index in [0.29, 0.717) is 10.9 Å². The predicted octanol–water partition coefficient (Wildman–Crippen LogP) is 1.92. The number of hydrogen-bond donors (Lipinski definition) is 2. The Bertz CT molecular complexity index is 829. The van der Waals surface area contributed by atoms with Gasteiger partial charge in [-0.2, -0.15) is 0 Å². The van der Waals surface area contributed by atoms with E-state index < -0.39 is 5.69 Å². The molecule has 6 nitrogen and oxygen atoms in total. The summed E-state index contributed by atoms with van der Waals surface area (Å²) < 4.78 is 1.11. The van der Waals surface area contributed by atoms with Crippen molar-refractivity contribution in [2.75, 3.05) is 0 Å². The van der Waals surface area contributed by atoms with Gasteiger partial charge in [0.15, 0.2) is 0 Å². The van der Waals surface area contributed by atoms with E-state index in [-0.39, 0.29) is 30.5 Å². The fraction of sp³-hybridized carbons (Fsp3) is 0.500. The van der Waals surface area contributed by atoms with Gasteiger partial charge in [-0.1, -0.05) is 37.8 Å². The first-order valence-corrected chi connectivity index (χ1v) is 8.66. The summed E-state index contributed by atoms with van der Waals surface area (Å²) in [6.45, 7) is 0.0948. The van der Waals surface area contributed by atoms with Gasteiger partial charge in [0.1, 0.15) is 0 Å². The van der Waals surface area contributed by atoms with Crippen molar-refractivity contribution in [3.05, 3.63) is 45.1 Å². The molecule has 24 heavy (non-hydrogen) atoms. The van der Waals surface area contributed by atoms with Gasteiger partial charge in [0, 0.05) is 19.0 Å². The lowest BCUT2D eigenvalue weighted by Crippen LogP contribution is -2.39. The van der Waals surface area contributed by atoms with Crippen LogP contribution in [-0.2, 0) is 11.3 Å². The number of para-hydroxylation sites is 1. The minimum Gasteiger partial charge on any atom is -0.353 e. The monoisotopic (exact) mass is 329 g/mol. The maximum Gasteiger partial charge on any atom is 0.328 e. The molecule has 2 aromatic rings. The van der Waals surface area contributed by atoms with Crippen LogP contribution < -0.4 is 16.6 Å². The fourth-order valence-electron chi connectivity index (χ4n) is 3.34. The SMILES string of the molecule is O=C(CCn1c(=O)[nH]c2ccccc2c1=O)NC1CCCCCC1. The van der Waals surface area contributed by atoms with E-state index in [1.165, 1.54) is 12.8 Å². The number of aromatic nitrogens is 2. The van der Waals surface area contributed by atoms with E-state index in [1.807, 2.05) is 0 Å². The van der Waals surface area contributed by atoms with Gasteiger partial charge in [-0.25, -0.2) is 4.79 Å². The lowest BCUT2D eigenvalue weighted by molar-refractivity contribution is -0.122. The molecule has 0 atom stereocenters. The summed E-state index contributed by atoms with van der Waals surface area (Å²) in [5.74, 6) is -0.0960. The van der Waals surface area contributed by atoms with Crippen molar-refractivity contribution >= 4 is 16.8 Å². The van der Waals surface area contributed by atoms with Gasteiger partial charge in [-0.3, -0.25) is 14.2 Å². The van der Waals surface area contributed by atoms with Crippen LogP contribution in [0.15, 0.2) is 33.9 Å². The topological polar surface area (TPSA) is 84.0 Å². The normalized spacial score (nSPS) is 16.0. The first-order valence-electron chi connectivity index (χ1n) is 8.66. The van der Waals surface area contributed by atoms with Gasteiger partial charge in [0.05, 0.1) is 10.9 Å². The molecule has 0 radical (unpaired) electrons. The summed E-state index contributed by atoms with van der Waals surface area (Å²) in [6.07, 6.45) is 6.92. The fourth-order valence-corrected chi connectivity index (χ4v) is 3.34. The molecule has 1 heterocycles. The molecule has 1 aliphatic rings. The Labute approximate surface area is 139 Å². The minimum absolute atomic E-state index is 0.0948. The molecule has 6 heteroatoms. The Kier molecular flexibility index (Phi) is 5.13. The van der Waals surface area contributed by atoms with Crippen molar-refractivity contribution in [2.24, 2.45) is 0 Å². The van der Waals surface area contributed by atoms with Crippen LogP contribution in [0.25, 0.3) is 10.9 Å². The molecule has 1 saturated carbocycles. The van der Waals surface area contributed by atoms with Crippen LogP contribution in [0.5, 0.6) is 0 Å². The van der Waals surface area contributed by atoms with Crippen LogP contribution >= 0.6 is 0 Å². The van der Waals surface area contributed by atoms with E-state index in [9.17, 15) is 14.4 Å². The number of carbonyl (C=O) groups is 1. The number of amides is 1. The summed E-state index contributed by atoms with van der Waals surface area (Å²) in [4.78, 5) is 39.3. The lowest BCUT2D eigenvalue weighted by Gasteiger charge is -2.16. The molecule has 3 rings (SSSR count). The van der Waals surface area contributed by atoms with Crippen LogP contribution in [-0.4, -0.2) is 21.5 Å². The lowest BCUT2D eigenvalue weighted by atomic mass is 10.1. The van der Waals surface area contributed by atoms with E-state index in [1.54, 1.807) is 24.3 Å². The predicted molar refractivity (Wildman–Crippen MR) is 93.1 cm³/mol. The van der Waals surface area contributed by atoms with Crippen molar-refractivity contribution in [1.82, 2.24) is 14.9 Å². The zero-order valence-corrected chi connectivity index (χ0v) is 13.7. The Balaban J connectivity index is 1.68. The van der Waals surface area contributed by atoms with E-state index in [0.717, 1.165) is 30.3 Å². The average Bonchev–Trinajstić information content (AvgIpc) is 2.83. The minimum atomic E-state index is -0.471. The maximum absolute atomic E-state index is 12.4. The molecule has 0 spiro atoms. The highest BCUT2D eigenvalue weighted by atomic mass is 16.2. The zero-order chi connectivity index (χ0) is 16.9. The van der Waals surface area contributed by atoms with Crippen molar-refractivity contribution < 1.29 is 4.79 Å². The molecule has 1 aromatic heterocycles. The van der Waals surface area contributed by atoms with Crippen LogP contribution in [0.1, 0.15) is 44.9 Å². The number of nitrogens with one attached hydrogen (secondary N) is 2.